The van der Waals surface area contributed by atoms with E-state index >= 15 is 0 Å². The van der Waals surface area contributed by atoms with Gasteiger partial charge in [0.25, 0.3) is 0 Å². The summed E-state index contributed by atoms with van der Waals surface area (Å²) in [5, 5.41) is 0. The SMILES string of the molecule is C/C=C\CCN(CP)C(C)C. The molecule has 0 aliphatic heterocycles. The monoisotopic (exact) mass is 173 g/mol. The predicted molar refractivity (Wildman–Crippen MR) is 55.9 cm³/mol. The van der Waals surface area contributed by atoms with Crippen molar-refractivity contribution in [2.75, 3.05) is 12.8 Å². The molecular formula is C9H20NP. The van der Waals surface area contributed by atoms with Crippen molar-refractivity contribution in [2.24, 2.45) is 0 Å². The van der Waals surface area contributed by atoms with Crippen molar-refractivity contribution < 1.29 is 0 Å². The van der Waals surface area contributed by atoms with Crippen LogP contribution in [0.1, 0.15) is 27.2 Å². The van der Waals surface area contributed by atoms with E-state index in [1.54, 1.807) is 0 Å². The Morgan fingerprint density at radius 2 is 2.09 bits per heavy atom. The van der Waals surface area contributed by atoms with Gasteiger partial charge in [-0.3, -0.25) is 4.90 Å². The largest absolute Gasteiger partial charge is 0.297 e. The van der Waals surface area contributed by atoms with E-state index in [0.29, 0.717) is 6.04 Å². The van der Waals surface area contributed by atoms with Gasteiger partial charge >= 0.3 is 0 Å². The second-order valence-electron chi connectivity index (χ2n) is 2.95. The van der Waals surface area contributed by atoms with E-state index in [1.165, 1.54) is 13.0 Å². The number of hydrogen-bond donors (Lipinski definition) is 0. The van der Waals surface area contributed by atoms with Gasteiger partial charge < -0.3 is 0 Å². The van der Waals surface area contributed by atoms with E-state index in [0.717, 1.165) is 6.29 Å². The van der Waals surface area contributed by atoms with Gasteiger partial charge in [0.15, 0.2) is 0 Å². The first-order chi connectivity index (χ1) is 5.22. The molecule has 0 rings (SSSR count). The van der Waals surface area contributed by atoms with E-state index < -0.39 is 0 Å². The molecule has 0 aromatic heterocycles. The topological polar surface area (TPSA) is 3.24 Å². The van der Waals surface area contributed by atoms with E-state index in [2.05, 4.69) is 47.1 Å². The smallest absolute Gasteiger partial charge is 0.0129 e. The summed E-state index contributed by atoms with van der Waals surface area (Å²) >= 11 is 0. The summed E-state index contributed by atoms with van der Waals surface area (Å²) in [6.07, 6.45) is 6.58. The molecule has 0 aliphatic carbocycles. The summed E-state index contributed by atoms with van der Waals surface area (Å²) in [7, 11) is 2.77. The van der Waals surface area contributed by atoms with Crippen molar-refractivity contribution in [2.45, 2.75) is 33.2 Å². The minimum absolute atomic E-state index is 0.665. The van der Waals surface area contributed by atoms with Crippen molar-refractivity contribution in [1.29, 1.82) is 0 Å². The van der Waals surface area contributed by atoms with Crippen molar-refractivity contribution in [3.05, 3.63) is 12.2 Å². The van der Waals surface area contributed by atoms with Crippen molar-refractivity contribution >= 4 is 9.24 Å². The molecule has 0 saturated carbocycles. The first-order valence-corrected chi connectivity index (χ1v) is 5.09. The Kier molecular flexibility index (Phi) is 6.90. The molecule has 0 saturated heterocycles. The third-order valence-electron chi connectivity index (χ3n) is 1.78. The quantitative estimate of drug-likeness (QED) is 0.456. The molecule has 0 fully saturated rings. The molecule has 66 valence electrons. The molecule has 0 spiro atoms. The van der Waals surface area contributed by atoms with Crippen LogP contribution in [0.25, 0.3) is 0 Å². The predicted octanol–water partition coefficient (Wildman–Crippen LogP) is 2.50. The van der Waals surface area contributed by atoms with Crippen LogP contribution in [0.4, 0.5) is 0 Å². The lowest BCUT2D eigenvalue weighted by molar-refractivity contribution is 0.267. The molecule has 0 amide bonds. The average Bonchev–Trinajstić information content (AvgIpc) is 1.97. The lowest BCUT2D eigenvalue weighted by Gasteiger charge is -2.23. The van der Waals surface area contributed by atoms with Crippen LogP contribution in [-0.2, 0) is 0 Å². The van der Waals surface area contributed by atoms with Gasteiger partial charge in [-0.05, 0) is 27.2 Å². The number of allylic oxidation sites excluding steroid dienone is 1. The first-order valence-electron chi connectivity index (χ1n) is 4.27. The summed E-state index contributed by atoms with van der Waals surface area (Å²) in [5.41, 5.74) is 0. The fraction of sp³-hybridized carbons (Fsp3) is 0.778. The highest BCUT2D eigenvalue weighted by Gasteiger charge is 2.03. The molecule has 0 radical (unpaired) electrons. The Hall–Kier alpha value is 0.130. The summed E-state index contributed by atoms with van der Waals surface area (Å²) in [4.78, 5) is 2.44. The van der Waals surface area contributed by atoms with Crippen LogP contribution in [-0.4, -0.2) is 23.8 Å². The van der Waals surface area contributed by atoms with Gasteiger partial charge in [-0.2, -0.15) is 0 Å². The highest BCUT2D eigenvalue weighted by Crippen LogP contribution is 2.02. The van der Waals surface area contributed by atoms with Crippen LogP contribution >= 0.6 is 9.24 Å². The highest BCUT2D eigenvalue weighted by atomic mass is 31.0. The Balaban J connectivity index is 3.52. The molecule has 0 heterocycles. The molecule has 0 aliphatic rings. The fourth-order valence-electron chi connectivity index (χ4n) is 0.967. The fourth-order valence-corrected chi connectivity index (χ4v) is 1.57. The van der Waals surface area contributed by atoms with E-state index in [1.807, 2.05) is 0 Å². The van der Waals surface area contributed by atoms with Crippen LogP contribution in [0.2, 0.25) is 0 Å². The van der Waals surface area contributed by atoms with Crippen molar-refractivity contribution in [3.63, 3.8) is 0 Å². The third kappa shape index (κ3) is 5.41. The molecule has 0 bridgehead atoms. The average molecular weight is 173 g/mol. The van der Waals surface area contributed by atoms with Crippen LogP contribution in [0, 0.1) is 0 Å². The minimum atomic E-state index is 0.665. The van der Waals surface area contributed by atoms with Crippen molar-refractivity contribution in [3.8, 4) is 0 Å². The zero-order chi connectivity index (χ0) is 8.69. The molecule has 1 unspecified atom stereocenters. The second kappa shape index (κ2) is 6.82. The van der Waals surface area contributed by atoms with Crippen LogP contribution < -0.4 is 0 Å². The summed E-state index contributed by atoms with van der Waals surface area (Å²) in [5.74, 6) is 0. The number of nitrogens with zero attached hydrogens (tertiary/aromatic N) is 1. The van der Waals surface area contributed by atoms with Gasteiger partial charge in [-0.25, -0.2) is 0 Å². The Labute approximate surface area is 73.1 Å². The Bertz CT molecular complexity index is 110. The van der Waals surface area contributed by atoms with Crippen LogP contribution in [0.5, 0.6) is 0 Å². The van der Waals surface area contributed by atoms with Crippen LogP contribution in [0.15, 0.2) is 12.2 Å². The minimum Gasteiger partial charge on any atom is -0.297 e. The Morgan fingerprint density at radius 3 is 2.45 bits per heavy atom. The molecule has 0 aromatic carbocycles. The molecule has 1 nitrogen and oxygen atoms in total. The maximum absolute atomic E-state index is 2.77. The molecule has 0 N–H and O–H groups in total. The van der Waals surface area contributed by atoms with Gasteiger partial charge in [0.2, 0.25) is 0 Å². The van der Waals surface area contributed by atoms with E-state index in [9.17, 15) is 0 Å². The lowest BCUT2D eigenvalue weighted by Crippen LogP contribution is -2.30. The number of rotatable bonds is 5. The summed E-state index contributed by atoms with van der Waals surface area (Å²) in [6, 6.07) is 0.665. The molecular weight excluding hydrogens is 153 g/mol. The first kappa shape index (κ1) is 11.1. The van der Waals surface area contributed by atoms with Gasteiger partial charge in [0.05, 0.1) is 0 Å². The zero-order valence-electron chi connectivity index (χ0n) is 7.88. The number of hydrogen-bond acceptors (Lipinski definition) is 1. The van der Waals surface area contributed by atoms with Crippen molar-refractivity contribution in [1.82, 2.24) is 4.90 Å². The summed E-state index contributed by atoms with van der Waals surface area (Å²) in [6.45, 7) is 7.71. The standard InChI is InChI=1S/C9H20NP/c1-4-5-6-7-10(8-11)9(2)3/h4-5,9H,6-8,11H2,1-3H3/b5-4-. The Morgan fingerprint density at radius 1 is 1.45 bits per heavy atom. The van der Waals surface area contributed by atoms with Gasteiger partial charge in [-0.1, -0.05) is 12.2 Å². The maximum atomic E-state index is 2.77. The third-order valence-corrected chi connectivity index (χ3v) is 2.25. The molecule has 2 heteroatoms. The van der Waals surface area contributed by atoms with E-state index in [-0.39, 0.29) is 0 Å². The lowest BCUT2D eigenvalue weighted by atomic mass is 10.3. The van der Waals surface area contributed by atoms with Crippen LogP contribution in [0.3, 0.4) is 0 Å². The highest BCUT2D eigenvalue weighted by molar-refractivity contribution is 7.16. The molecule has 0 aromatic rings. The second-order valence-corrected chi connectivity index (χ2v) is 3.31. The van der Waals surface area contributed by atoms with Gasteiger partial charge in [0.1, 0.15) is 0 Å². The zero-order valence-corrected chi connectivity index (χ0v) is 9.03. The van der Waals surface area contributed by atoms with E-state index in [4.69, 9.17) is 0 Å². The molecule has 11 heavy (non-hydrogen) atoms. The van der Waals surface area contributed by atoms with Gasteiger partial charge in [-0.15, -0.1) is 9.24 Å². The molecule has 1 atom stereocenters. The normalized spacial score (nSPS) is 12.2. The maximum Gasteiger partial charge on any atom is 0.0129 e. The van der Waals surface area contributed by atoms with Gasteiger partial charge in [0, 0.05) is 18.9 Å². The summed E-state index contributed by atoms with van der Waals surface area (Å²) < 4.78 is 0.